The monoisotopic (exact) mass is 334 g/mol. The van der Waals surface area contributed by atoms with Gasteiger partial charge >= 0.3 is 12.0 Å². The zero-order valence-electron chi connectivity index (χ0n) is 13.1. The number of hydrogen-bond acceptors (Lipinski definition) is 6. The molecule has 2 aromatic rings. The van der Waals surface area contributed by atoms with Gasteiger partial charge in [-0.15, -0.1) is 0 Å². The summed E-state index contributed by atoms with van der Waals surface area (Å²) >= 11 is 1.08. The molecule has 0 saturated carbocycles. The van der Waals surface area contributed by atoms with Crippen molar-refractivity contribution in [1.82, 2.24) is 9.97 Å². The SMILES string of the molecule is Cc1nc(NC(=O)Nc2ccccn2)sc1C(=O)OCC(C)C. The molecule has 2 heterocycles. The van der Waals surface area contributed by atoms with Crippen LogP contribution in [0, 0.1) is 12.8 Å². The molecule has 0 aromatic carbocycles. The maximum absolute atomic E-state index is 12.0. The Hall–Kier alpha value is -2.48. The number of carbonyl (C=O) groups is 2. The van der Waals surface area contributed by atoms with Crippen LogP contribution in [0.5, 0.6) is 0 Å². The molecule has 2 amide bonds. The van der Waals surface area contributed by atoms with Crippen LogP contribution in [0.2, 0.25) is 0 Å². The Morgan fingerprint density at radius 1 is 1.30 bits per heavy atom. The van der Waals surface area contributed by atoms with E-state index in [-0.39, 0.29) is 5.92 Å². The minimum absolute atomic E-state index is 0.258. The van der Waals surface area contributed by atoms with Crippen molar-refractivity contribution in [2.24, 2.45) is 5.92 Å². The second-order valence-electron chi connectivity index (χ2n) is 5.22. The number of carbonyl (C=O) groups excluding carboxylic acids is 2. The predicted octanol–water partition coefficient (Wildman–Crippen LogP) is 3.30. The molecule has 0 spiro atoms. The highest BCUT2D eigenvalue weighted by molar-refractivity contribution is 7.17. The topological polar surface area (TPSA) is 93.2 Å². The number of aromatic nitrogens is 2. The molecule has 0 bridgehead atoms. The zero-order chi connectivity index (χ0) is 16.8. The molecule has 0 aliphatic rings. The summed E-state index contributed by atoms with van der Waals surface area (Å²) in [4.78, 5) is 32.4. The van der Waals surface area contributed by atoms with Crippen molar-refractivity contribution in [3.63, 3.8) is 0 Å². The van der Waals surface area contributed by atoms with E-state index in [0.717, 1.165) is 11.3 Å². The van der Waals surface area contributed by atoms with Crippen molar-refractivity contribution in [3.05, 3.63) is 35.0 Å². The minimum Gasteiger partial charge on any atom is -0.461 e. The number of nitrogens with one attached hydrogen (secondary N) is 2. The highest BCUT2D eigenvalue weighted by Gasteiger charge is 2.18. The smallest absolute Gasteiger partial charge is 0.350 e. The number of nitrogens with zero attached hydrogens (tertiary/aromatic N) is 2. The maximum Gasteiger partial charge on any atom is 0.350 e. The summed E-state index contributed by atoms with van der Waals surface area (Å²) in [5.41, 5.74) is 0.525. The van der Waals surface area contributed by atoms with Gasteiger partial charge in [0.15, 0.2) is 5.13 Å². The number of thiazole rings is 1. The molecule has 2 aromatic heterocycles. The highest BCUT2D eigenvalue weighted by atomic mass is 32.1. The molecule has 0 aliphatic heterocycles. The fourth-order valence-corrected chi connectivity index (χ4v) is 2.48. The lowest BCUT2D eigenvalue weighted by atomic mass is 10.2. The molecule has 7 nitrogen and oxygen atoms in total. The molecule has 0 radical (unpaired) electrons. The highest BCUT2D eigenvalue weighted by Crippen LogP contribution is 2.23. The van der Waals surface area contributed by atoms with E-state index in [1.165, 1.54) is 0 Å². The molecule has 2 rings (SSSR count). The molecular weight excluding hydrogens is 316 g/mol. The van der Waals surface area contributed by atoms with E-state index >= 15 is 0 Å². The molecule has 0 atom stereocenters. The second kappa shape index (κ2) is 7.68. The average Bonchev–Trinajstić information content (AvgIpc) is 2.86. The summed E-state index contributed by atoms with van der Waals surface area (Å²) in [5.74, 6) is 0.260. The average molecular weight is 334 g/mol. The normalized spacial score (nSPS) is 10.4. The van der Waals surface area contributed by atoms with E-state index in [0.29, 0.717) is 28.1 Å². The standard InChI is InChI=1S/C15H18N4O3S/c1-9(2)8-22-13(20)12-10(3)17-15(23-12)19-14(21)18-11-6-4-5-7-16-11/h4-7,9H,8H2,1-3H3,(H2,16,17,18,19,21). The summed E-state index contributed by atoms with van der Waals surface area (Å²) in [6, 6.07) is 4.71. The number of rotatable bonds is 5. The third kappa shape index (κ3) is 5.03. The molecule has 23 heavy (non-hydrogen) atoms. The number of urea groups is 1. The molecule has 2 N–H and O–H groups in total. The van der Waals surface area contributed by atoms with Gasteiger partial charge in [-0.1, -0.05) is 31.3 Å². The van der Waals surface area contributed by atoms with Crippen LogP contribution in [-0.2, 0) is 4.74 Å². The van der Waals surface area contributed by atoms with Gasteiger partial charge in [0.25, 0.3) is 0 Å². The van der Waals surface area contributed by atoms with Crippen LogP contribution in [-0.4, -0.2) is 28.6 Å². The number of aryl methyl sites for hydroxylation is 1. The molecule has 0 saturated heterocycles. The van der Waals surface area contributed by atoms with Crippen molar-refractivity contribution in [2.75, 3.05) is 17.2 Å². The first kappa shape index (κ1) is 16.9. The van der Waals surface area contributed by atoms with Crippen LogP contribution in [0.25, 0.3) is 0 Å². The van der Waals surface area contributed by atoms with Crippen molar-refractivity contribution in [1.29, 1.82) is 0 Å². The van der Waals surface area contributed by atoms with Gasteiger partial charge in [0.2, 0.25) is 0 Å². The number of anilines is 2. The Labute approximate surface area is 138 Å². The molecule has 0 aliphatic carbocycles. The Balaban J connectivity index is 1.97. The van der Waals surface area contributed by atoms with E-state index in [2.05, 4.69) is 20.6 Å². The van der Waals surface area contributed by atoms with E-state index in [9.17, 15) is 9.59 Å². The van der Waals surface area contributed by atoms with Gasteiger partial charge in [0.1, 0.15) is 10.7 Å². The molecular formula is C15H18N4O3S. The largest absolute Gasteiger partial charge is 0.461 e. The number of hydrogen-bond donors (Lipinski definition) is 2. The van der Waals surface area contributed by atoms with Crippen molar-refractivity contribution >= 4 is 34.3 Å². The van der Waals surface area contributed by atoms with Crippen LogP contribution in [0.3, 0.4) is 0 Å². The van der Waals surface area contributed by atoms with Gasteiger partial charge in [0, 0.05) is 6.20 Å². The first-order chi connectivity index (χ1) is 11.0. The van der Waals surface area contributed by atoms with Crippen LogP contribution < -0.4 is 10.6 Å². The summed E-state index contributed by atoms with van der Waals surface area (Å²) < 4.78 is 5.18. The van der Waals surface area contributed by atoms with E-state index in [1.54, 1.807) is 31.3 Å². The summed E-state index contributed by atoms with van der Waals surface area (Å²) in [6.45, 7) is 5.97. The first-order valence-corrected chi connectivity index (χ1v) is 7.91. The van der Waals surface area contributed by atoms with Gasteiger partial charge in [-0.25, -0.2) is 19.6 Å². The van der Waals surface area contributed by atoms with Gasteiger partial charge in [0.05, 0.1) is 12.3 Å². The summed E-state index contributed by atoms with van der Waals surface area (Å²) in [5, 5.41) is 5.49. The molecule has 0 fully saturated rings. The van der Waals surface area contributed by atoms with E-state index in [4.69, 9.17) is 4.74 Å². The van der Waals surface area contributed by atoms with Gasteiger partial charge < -0.3 is 4.74 Å². The fraction of sp³-hybridized carbons (Fsp3) is 0.333. The van der Waals surface area contributed by atoms with E-state index < -0.39 is 12.0 Å². The van der Waals surface area contributed by atoms with Gasteiger partial charge in [-0.3, -0.25) is 10.6 Å². The van der Waals surface area contributed by atoms with Crippen LogP contribution >= 0.6 is 11.3 Å². The van der Waals surface area contributed by atoms with Crippen molar-refractivity contribution < 1.29 is 14.3 Å². The van der Waals surface area contributed by atoms with Crippen LogP contribution in [0.4, 0.5) is 15.7 Å². The molecule has 122 valence electrons. The predicted molar refractivity (Wildman–Crippen MR) is 88.8 cm³/mol. The van der Waals surface area contributed by atoms with Crippen LogP contribution in [0.15, 0.2) is 24.4 Å². The quantitative estimate of drug-likeness (QED) is 0.818. The van der Waals surface area contributed by atoms with E-state index in [1.807, 2.05) is 13.8 Å². The third-order valence-electron chi connectivity index (χ3n) is 2.66. The number of esters is 1. The lowest BCUT2D eigenvalue weighted by Gasteiger charge is -2.05. The number of ether oxygens (including phenoxy) is 1. The Morgan fingerprint density at radius 3 is 2.74 bits per heavy atom. The van der Waals surface area contributed by atoms with Crippen LogP contribution in [0.1, 0.15) is 29.2 Å². The number of amides is 2. The maximum atomic E-state index is 12.0. The zero-order valence-corrected chi connectivity index (χ0v) is 13.9. The fourth-order valence-electron chi connectivity index (χ4n) is 1.63. The first-order valence-electron chi connectivity index (χ1n) is 7.09. The minimum atomic E-state index is -0.473. The Morgan fingerprint density at radius 2 is 2.09 bits per heavy atom. The lowest BCUT2D eigenvalue weighted by Crippen LogP contribution is -2.19. The lowest BCUT2D eigenvalue weighted by molar-refractivity contribution is 0.0463. The summed E-state index contributed by atoms with van der Waals surface area (Å²) in [7, 11) is 0. The summed E-state index contributed by atoms with van der Waals surface area (Å²) in [6.07, 6.45) is 1.58. The van der Waals surface area contributed by atoms with Gasteiger partial charge in [-0.2, -0.15) is 0 Å². The van der Waals surface area contributed by atoms with Crippen molar-refractivity contribution in [2.45, 2.75) is 20.8 Å². The second-order valence-corrected chi connectivity index (χ2v) is 6.22. The molecule has 8 heteroatoms. The number of pyridine rings is 1. The Kier molecular flexibility index (Phi) is 5.64. The van der Waals surface area contributed by atoms with Crippen molar-refractivity contribution in [3.8, 4) is 0 Å². The Bertz CT molecular complexity index is 685. The third-order valence-corrected chi connectivity index (χ3v) is 3.71. The van der Waals surface area contributed by atoms with Gasteiger partial charge in [-0.05, 0) is 25.0 Å². The molecule has 0 unspecified atom stereocenters.